The average molecular weight is 441 g/mol. The summed E-state index contributed by atoms with van der Waals surface area (Å²) < 4.78 is 0. The predicted molar refractivity (Wildman–Crippen MR) is 119 cm³/mol. The van der Waals surface area contributed by atoms with Crippen LogP contribution in [0.4, 0.5) is 0 Å². The van der Waals surface area contributed by atoms with Gasteiger partial charge >= 0.3 is 5.97 Å². The molecule has 4 rings (SSSR count). The Morgan fingerprint density at radius 2 is 1.69 bits per heavy atom. The average Bonchev–Trinajstić information content (AvgIpc) is 3.00. The molecular weight excluding hydrogens is 408 g/mol. The van der Waals surface area contributed by atoms with Crippen molar-refractivity contribution in [2.45, 2.75) is 69.2 Å². The topological polar surface area (TPSA) is 107 Å². The molecule has 3 N–H and O–H groups in total. The summed E-state index contributed by atoms with van der Waals surface area (Å²) in [6.07, 6.45) is 8.22. The zero-order valence-electron chi connectivity index (χ0n) is 18.4. The Bertz CT molecular complexity index is 896. The van der Waals surface area contributed by atoms with Gasteiger partial charge < -0.3 is 20.4 Å². The zero-order chi connectivity index (χ0) is 22.7. The molecule has 1 aromatic rings. The van der Waals surface area contributed by atoms with E-state index in [1.54, 1.807) is 4.90 Å². The van der Waals surface area contributed by atoms with Crippen LogP contribution < -0.4 is 5.32 Å². The summed E-state index contributed by atoms with van der Waals surface area (Å²) in [5, 5.41) is 22.2. The maximum Gasteiger partial charge on any atom is 0.322 e. The van der Waals surface area contributed by atoms with E-state index < -0.39 is 29.9 Å². The first-order valence-electron chi connectivity index (χ1n) is 11.7. The van der Waals surface area contributed by atoms with Crippen LogP contribution in [0, 0.1) is 5.92 Å². The van der Waals surface area contributed by atoms with Crippen molar-refractivity contribution >= 4 is 17.8 Å². The van der Waals surface area contributed by atoms with Crippen LogP contribution in [-0.2, 0) is 14.4 Å². The van der Waals surface area contributed by atoms with E-state index in [2.05, 4.69) is 29.6 Å². The van der Waals surface area contributed by atoms with E-state index in [0.717, 1.165) is 44.9 Å². The first kappa shape index (κ1) is 22.4. The Balaban J connectivity index is 1.48. The normalized spacial score (nSPS) is 25.2. The first-order chi connectivity index (χ1) is 15.4. The molecule has 172 valence electrons. The van der Waals surface area contributed by atoms with E-state index in [4.69, 9.17) is 5.11 Å². The van der Waals surface area contributed by atoms with Crippen molar-refractivity contribution in [3.05, 3.63) is 47.2 Å². The zero-order valence-corrected chi connectivity index (χ0v) is 18.4. The van der Waals surface area contributed by atoms with Crippen LogP contribution in [0.1, 0.15) is 69.3 Å². The predicted octanol–water partition coefficient (Wildman–Crippen LogP) is 3.52. The SMILES string of the molecule is O=C(O)CNC(=O)C1=C(O)C2(CCCCC2)N(CC2CCC(c3ccccc3)CC2)C1=O. The number of benzene rings is 1. The number of carbonyl (C=O) groups excluding carboxylic acids is 2. The molecule has 7 nitrogen and oxygen atoms in total. The van der Waals surface area contributed by atoms with Crippen LogP contribution in [0.5, 0.6) is 0 Å². The standard InChI is InChI=1S/C25H32N2O5/c28-20(29)15-26-23(31)21-22(30)25(13-5-2-6-14-25)27(24(21)32)16-17-9-11-19(12-10-17)18-7-3-1-4-8-18/h1,3-4,7-8,17,19,30H,2,5-6,9-16H2,(H,26,31)(H,28,29). The van der Waals surface area contributed by atoms with Crippen LogP contribution >= 0.6 is 0 Å². The Morgan fingerprint density at radius 3 is 2.31 bits per heavy atom. The fourth-order valence-electron chi connectivity index (χ4n) is 5.80. The van der Waals surface area contributed by atoms with Crippen molar-refractivity contribution in [2.75, 3.05) is 13.1 Å². The maximum absolute atomic E-state index is 13.3. The highest BCUT2D eigenvalue weighted by Crippen LogP contribution is 2.46. The second-order valence-corrected chi connectivity index (χ2v) is 9.44. The van der Waals surface area contributed by atoms with Crippen molar-refractivity contribution < 1.29 is 24.6 Å². The van der Waals surface area contributed by atoms with Crippen LogP contribution in [0.25, 0.3) is 0 Å². The minimum absolute atomic E-state index is 0.164. The van der Waals surface area contributed by atoms with Gasteiger partial charge in [0.25, 0.3) is 11.8 Å². The Labute approximate surface area is 188 Å². The molecule has 1 aromatic carbocycles. The first-order valence-corrected chi connectivity index (χ1v) is 11.7. The van der Waals surface area contributed by atoms with Gasteiger partial charge in [-0.25, -0.2) is 0 Å². The van der Waals surface area contributed by atoms with Gasteiger partial charge in [-0.2, -0.15) is 0 Å². The molecule has 2 aliphatic carbocycles. The second-order valence-electron chi connectivity index (χ2n) is 9.44. The Kier molecular flexibility index (Phi) is 6.53. The molecule has 0 aromatic heterocycles. The molecule has 32 heavy (non-hydrogen) atoms. The van der Waals surface area contributed by atoms with E-state index in [9.17, 15) is 19.5 Å². The molecule has 3 aliphatic rings. The molecule has 2 amide bonds. The van der Waals surface area contributed by atoms with E-state index in [-0.39, 0.29) is 11.3 Å². The highest BCUT2D eigenvalue weighted by Gasteiger charge is 2.54. The van der Waals surface area contributed by atoms with Crippen LogP contribution in [-0.4, -0.2) is 51.5 Å². The molecule has 0 atom stereocenters. The summed E-state index contributed by atoms with van der Waals surface area (Å²) >= 11 is 0. The number of hydrogen-bond acceptors (Lipinski definition) is 4. The molecule has 1 aliphatic heterocycles. The van der Waals surface area contributed by atoms with Gasteiger partial charge in [0, 0.05) is 6.54 Å². The third-order valence-electron chi connectivity index (χ3n) is 7.52. The highest BCUT2D eigenvalue weighted by atomic mass is 16.4. The number of amides is 2. The van der Waals surface area contributed by atoms with Crippen molar-refractivity contribution in [1.82, 2.24) is 10.2 Å². The lowest BCUT2D eigenvalue weighted by Gasteiger charge is -2.44. The number of aliphatic carboxylic acids is 1. The summed E-state index contributed by atoms with van der Waals surface area (Å²) in [4.78, 5) is 38.5. The van der Waals surface area contributed by atoms with Crippen LogP contribution in [0.2, 0.25) is 0 Å². The van der Waals surface area contributed by atoms with Gasteiger partial charge in [0.1, 0.15) is 23.4 Å². The minimum Gasteiger partial charge on any atom is -0.509 e. The quantitative estimate of drug-likeness (QED) is 0.587. The van der Waals surface area contributed by atoms with Gasteiger partial charge in [-0.15, -0.1) is 0 Å². The van der Waals surface area contributed by atoms with Gasteiger partial charge in [0.15, 0.2) is 0 Å². The van der Waals surface area contributed by atoms with Crippen molar-refractivity contribution in [3.8, 4) is 0 Å². The number of aliphatic hydroxyl groups excluding tert-OH is 1. The van der Waals surface area contributed by atoms with Gasteiger partial charge in [-0.05, 0) is 55.9 Å². The third kappa shape index (κ3) is 4.25. The fourth-order valence-corrected chi connectivity index (χ4v) is 5.80. The summed E-state index contributed by atoms with van der Waals surface area (Å²) in [6.45, 7) is -0.0560. The molecule has 2 fully saturated rings. The number of carboxylic acids is 1. The van der Waals surface area contributed by atoms with E-state index >= 15 is 0 Å². The molecule has 2 saturated carbocycles. The number of aliphatic hydroxyl groups is 1. The molecule has 0 radical (unpaired) electrons. The lowest BCUT2D eigenvalue weighted by molar-refractivity contribution is -0.138. The molecule has 0 unspecified atom stereocenters. The molecule has 1 heterocycles. The number of nitrogens with zero attached hydrogens (tertiary/aromatic N) is 1. The van der Waals surface area contributed by atoms with E-state index in [1.807, 2.05) is 6.07 Å². The van der Waals surface area contributed by atoms with Gasteiger partial charge in [-0.1, -0.05) is 49.6 Å². The molecule has 0 bridgehead atoms. The lowest BCUT2D eigenvalue weighted by atomic mass is 9.76. The largest absolute Gasteiger partial charge is 0.509 e. The summed E-state index contributed by atoms with van der Waals surface area (Å²) in [5.74, 6) is -1.75. The fraction of sp³-hybridized carbons (Fsp3) is 0.560. The Morgan fingerprint density at radius 1 is 1.03 bits per heavy atom. The molecule has 0 saturated heterocycles. The van der Waals surface area contributed by atoms with Crippen LogP contribution in [0.3, 0.4) is 0 Å². The monoisotopic (exact) mass is 440 g/mol. The van der Waals surface area contributed by atoms with Crippen LogP contribution in [0.15, 0.2) is 41.7 Å². The van der Waals surface area contributed by atoms with Gasteiger partial charge in [0.05, 0.1) is 0 Å². The summed E-state index contributed by atoms with van der Waals surface area (Å²) in [6, 6.07) is 10.5. The number of nitrogens with one attached hydrogen (secondary N) is 1. The second kappa shape index (κ2) is 9.35. The Hall–Kier alpha value is -2.83. The lowest BCUT2D eigenvalue weighted by Crippen LogP contribution is -2.51. The third-order valence-corrected chi connectivity index (χ3v) is 7.52. The minimum atomic E-state index is -1.19. The number of carboxylic acid groups (broad SMARTS) is 1. The summed E-state index contributed by atoms with van der Waals surface area (Å²) in [5.41, 5.74) is 0.274. The number of hydrogen-bond donors (Lipinski definition) is 3. The maximum atomic E-state index is 13.3. The highest BCUT2D eigenvalue weighted by molar-refractivity contribution is 6.21. The van der Waals surface area contributed by atoms with Crippen molar-refractivity contribution in [1.29, 1.82) is 0 Å². The molecule has 1 spiro atoms. The smallest absolute Gasteiger partial charge is 0.322 e. The van der Waals surface area contributed by atoms with Gasteiger partial charge in [-0.3, -0.25) is 14.4 Å². The molecule has 7 heteroatoms. The summed E-state index contributed by atoms with van der Waals surface area (Å²) in [7, 11) is 0. The number of rotatable bonds is 6. The van der Waals surface area contributed by atoms with Crippen molar-refractivity contribution in [3.63, 3.8) is 0 Å². The van der Waals surface area contributed by atoms with Crippen molar-refractivity contribution in [2.24, 2.45) is 5.92 Å². The number of carbonyl (C=O) groups is 3. The van der Waals surface area contributed by atoms with E-state index in [0.29, 0.717) is 31.2 Å². The van der Waals surface area contributed by atoms with E-state index in [1.165, 1.54) is 5.56 Å². The van der Waals surface area contributed by atoms with Gasteiger partial charge in [0.2, 0.25) is 0 Å². The molecular formula is C25H32N2O5.